The Labute approximate surface area is 237 Å². The van der Waals surface area contributed by atoms with Crippen molar-refractivity contribution in [3.05, 3.63) is 38.8 Å². The van der Waals surface area contributed by atoms with Gasteiger partial charge in [0.05, 0.1) is 17.9 Å². The van der Waals surface area contributed by atoms with Crippen LogP contribution >= 0.6 is 0 Å². The third-order valence-electron chi connectivity index (χ3n) is 7.59. The van der Waals surface area contributed by atoms with E-state index in [0.717, 1.165) is 18.7 Å². The molecule has 1 saturated heterocycles. The number of amides is 1. The summed E-state index contributed by atoms with van der Waals surface area (Å²) in [5, 5.41) is 5.82. The van der Waals surface area contributed by atoms with Gasteiger partial charge in [0.1, 0.15) is 5.56 Å². The van der Waals surface area contributed by atoms with Gasteiger partial charge in [0.25, 0.3) is 5.56 Å². The van der Waals surface area contributed by atoms with E-state index >= 15 is 0 Å². The molecule has 0 aromatic carbocycles. The first-order chi connectivity index (χ1) is 19.1. The van der Waals surface area contributed by atoms with Crippen LogP contribution in [0.4, 0.5) is 26.3 Å². The van der Waals surface area contributed by atoms with Crippen molar-refractivity contribution in [3.63, 3.8) is 0 Å². The summed E-state index contributed by atoms with van der Waals surface area (Å²) in [7, 11) is 0. The molecule has 1 N–H and O–H groups in total. The molecule has 2 heterocycles. The van der Waals surface area contributed by atoms with Gasteiger partial charge in [0, 0.05) is 38.3 Å². The van der Waals surface area contributed by atoms with Gasteiger partial charge in [-0.3, -0.25) is 19.5 Å². The van der Waals surface area contributed by atoms with Crippen LogP contribution in [0.3, 0.4) is 0 Å². The molecule has 7 nitrogen and oxygen atoms in total. The van der Waals surface area contributed by atoms with E-state index in [-0.39, 0.29) is 48.0 Å². The fourth-order valence-electron chi connectivity index (χ4n) is 5.28. The number of rotatable bonds is 7. The first-order valence-electron chi connectivity index (χ1n) is 14.0. The van der Waals surface area contributed by atoms with Crippen LogP contribution in [0.25, 0.3) is 0 Å². The summed E-state index contributed by atoms with van der Waals surface area (Å²) in [4.78, 5) is 32.3. The predicted octanol–water partition coefficient (Wildman–Crippen LogP) is 5.79. The first-order valence-corrected chi connectivity index (χ1v) is 14.0. The van der Waals surface area contributed by atoms with Gasteiger partial charge in [-0.2, -0.15) is 31.4 Å². The molecule has 2 aliphatic rings. The number of alkyl halides is 6. The Kier molecular flexibility index (Phi) is 12.6. The Morgan fingerprint density at radius 2 is 1.73 bits per heavy atom. The lowest BCUT2D eigenvalue weighted by molar-refractivity contribution is -0.139. The van der Waals surface area contributed by atoms with E-state index in [4.69, 9.17) is 0 Å². The quantitative estimate of drug-likeness (QED) is 0.321. The number of nitrogens with zero attached hydrogens (tertiary/aromatic N) is 4. The monoisotopic (exact) mass is 593 g/mol. The molecule has 1 saturated carbocycles. The Hall–Kier alpha value is -2.70. The molecule has 3 atom stereocenters. The van der Waals surface area contributed by atoms with Crippen LogP contribution in [0, 0.1) is 24.7 Å². The average Bonchev–Trinajstić information content (AvgIpc) is 3.38. The highest BCUT2D eigenvalue weighted by atomic mass is 19.4. The lowest BCUT2D eigenvalue weighted by atomic mass is 9.86. The molecular weight excluding hydrogens is 552 g/mol. The van der Waals surface area contributed by atoms with Crippen LogP contribution in [-0.4, -0.2) is 71.1 Å². The Morgan fingerprint density at radius 1 is 1.12 bits per heavy atom. The summed E-state index contributed by atoms with van der Waals surface area (Å²) in [5.74, 6) is -0.0313. The molecule has 1 aliphatic heterocycles. The standard InChI is InChI=1S/C25H33F6N5O2.C3H8/c1-4-19(24(26,27)28)13-32-14-35-7-9-36(10-8-35)23(38)18-6-5-17(12-18)15(2)11-20-16(3)21(25(29,30)31)22(37)34-33-20;1-3-2/h4,13,15,17-18H,5-12,14H2,1-3H3,(H,34,37);3H2,1-2H3/b19-4+,32-13-;. The lowest BCUT2D eigenvalue weighted by Crippen LogP contribution is -2.50. The highest BCUT2D eigenvalue weighted by molar-refractivity contribution is 5.80. The van der Waals surface area contributed by atoms with E-state index in [1.54, 1.807) is 4.90 Å². The number of nitrogens with one attached hydrogen (secondary N) is 1. The van der Waals surface area contributed by atoms with Gasteiger partial charge in [-0.05, 0) is 56.9 Å². The van der Waals surface area contributed by atoms with Gasteiger partial charge in [0.15, 0.2) is 0 Å². The Bertz CT molecular complexity index is 1120. The summed E-state index contributed by atoms with van der Waals surface area (Å²) in [6.45, 7) is 10.8. The minimum atomic E-state index is -4.77. The van der Waals surface area contributed by atoms with Crippen molar-refractivity contribution in [2.45, 2.75) is 79.1 Å². The zero-order valence-electron chi connectivity index (χ0n) is 24.3. The van der Waals surface area contributed by atoms with Gasteiger partial charge in [-0.15, -0.1) is 0 Å². The van der Waals surface area contributed by atoms with Crippen LogP contribution in [0.1, 0.15) is 70.2 Å². The maximum absolute atomic E-state index is 13.3. The van der Waals surface area contributed by atoms with Crippen LogP contribution in [0.5, 0.6) is 0 Å². The predicted molar refractivity (Wildman–Crippen MR) is 146 cm³/mol. The Morgan fingerprint density at radius 3 is 2.27 bits per heavy atom. The van der Waals surface area contributed by atoms with E-state index in [1.165, 1.54) is 20.3 Å². The maximum atomic E-state index is 13.3. The summed E-state index contributed by atoms with van der Waals surface area (Å²) in [5.41, 5.74) is -3.24. The summed E-state index contributed by atoms with van der Waals surface area (Å²) >= 11 is 0. The van der Waals surface area contributed by atoms with E-state index in [2.05, 4.69) is 23.9 Å². The van der Waals surface area contributed by atoms with Gasteiger partial charge >= 0.3 is 12.4 Å². The second-order valence-corrected chi connectivity index (χ2v) is 10.8. The molecule has 2 fully saturated rings. The van der Waals surface area contributed by atoms with Crippen LogP contribution in [0.15, 0.2) is 21.4 Å². The van der Waals surface area contributed by atoms with Crippen LogP contribution < -0.4 is 5.56 Å². The fourth-order valence-corrected chi connectivity index (χ4v) is 5.28. The fraction of sp³-hybridized carbons (Fsp3) is 0.714. The molecule has 1 aromatic rings. The molecule has 3 rings (SSSR count). The van der Waals surface area contributed by atoms with Crippen molar-refractivity contribution in [2.24, 2.45) is 22.7 Å². The van der Waals surface area contributed by atoms with Gasteiger partial charge in [-0.1, -0.05) is 33.3 Å². The number of aliphatic imine (C=N–C) groups is 1. The average molecular weight is 594 g/mol. The number of halogens is 6. The molecule has 13 heteroatoms. The van der Waals surface area contributed by atoms with Crippen molar-refractivity contribution in [1.29, 1.82) is 0 Å². The lowest BCUT2D eigenvalue weighted by Gasteiger charge is -2.35. The number of H-pyrrole nitrogens is 1. The molecule has 3 unspecified atom stereocenters. The molecule has 0 bridgehead atoms. The summed E-state index contributed by atoms with van der Waals surface area (Å²) < 4.78 is 78.2. The SMILES string of the molecule is C/C=C(\C=N/CN1CCN(C(=O)C2CCC(C(C)Cc3n[nH]c(=O)c(C(F)(F)F)c3C)C2)CC1)C(F)(F)F.CCC. The van der Waals surface area contributed by atoms with Crippen molar-refractivity contribution in [2.75, 3.05) is 32.8 Å². The third-order valence-corrected chi connectivity index (χ3v) is 7.59. The minimum Gasteiger partial charge on any atom is -0.340 e. The molecule has 0 radical (unpaired) electrons. The maximum Gasteiger partial charge on any atom is 0.422 e. The Balaban J connectivity index is 0.00000187. The van der Waals surface area contributed by atoms with Gasteiger partial charge in [-0.25, -0.2) is 5.10 Å². The van der Waals surface area contributed by atoms with Crippen molar-refractivity contribution >= 4 is 12.1 Å². The van der Waals surface area contributed by atoms with Crippen molar-refractivity contribution in [1.82, 2.24) is 20.0 Å². The number of piperazine rings is 1. The topological polar surface area (TPSA) is 81.7 Å². The molecule has 232 valence electrons. The van der Waals surface area contributed by atoms with Gasteiger partial charge in [0.2, 0.25) is 5.91 Å². The molecule has 41 heavy (non-hydrogen) atoms. The van der Waals surface area contributed by atoms with Crippen LogP contribution in [0.2, 0.25) is 0 Å². The number of hydrogen-bond acceptors (Lipinski definition) is 5. The van der Waals surface area contributed by atoms with E-state index in [1.807, 2.05) is 16.9 Å². The first kappa shape index (κ1) is 34.5. The van der Waals surface area contributed by atoms with E-state index in [0.29, 0.717) is 39.0 Å². The van der Waals surface area contributed by atoms with Crippen molar-refractivity contribution in [3.8, 4) is 0 Å². The molecule has 1 aliphatic carbocycles. The number of aromatic nitrogens is 2. The van der Waals surface area contributed by atoms with E-state index < -0.39 is 29.0 Å². The normalized spacial score (nSPS) is 21.6. The number of carbonyl (C=O) groups is 1. The minimum absolute atomic E-state index is 0.0283. The molecule has 0 spiro atoms. The molecular formula is C28H41F6N5O2. The second-order valence-electron chi connectivity index (χ2n) is 10.8. The summed E-state index contributed by atoms with van der Waals surface area (Å²) in [6.07, 6.45) is -3.82. The third kappa shape index (κ3) is 9.68. The highest BCUT2D eigenvalue weighted by Gasteiger charge is 2.39. The molecule has 1 aromatic heterocycles. The number of hydrogen-bond donors (Lipinski definition) is 1. The van der Waals surface area contributed by atoms with Crippen LogP contribution in [-0.2, 0) is 17.4 Å². The summed E-state index contributed by atoms with van der Waals surface area (Å²) in [6, 6.07) is 0. The number of aromatic amines is 1. The van der Waals surface area contributed by atoms with Gasteiger partial charge < -0.3 is 4.90 Å². The zero-order chi connectivity index (χ0) is 31.0. The number of allylic oxidation sites excluding steroid dienone is 2. The highest BCUT2D eigenvalue weighted by Crippen LogP contribution is 2.39. The largest absolute Gasteiger partial charge is 0.422 e. The van der Waals surface area contributed by atoms with Crippen molar-refractivity contribution < 1.29 is 31.1 Å². The van der Waals surface area contributed by atoms with E-state index in [9.17, 15) is 35.9 Å². The molecule has 1 amide bonds. The number of carbonyl (C=O) groups excluding carboxylic acids is 1. The smallest absolute Gasteiger partial charge is 0.340 e. The second kappa shape index (κ2) is 15.0. The zero-order valence-corrected chi connectivity index (χ0v) is 24.3.